The molecule has 5 rings (SSSR count). The number of alkyl halides is 4. The van der Waals surface area contributed by atoms with Gasteiger partial charge in [0.15, 0.2) is 9.84 Å². The van der Waals surface area contributed by atoms with Crippen LogP contribution in [0.4, 0.5) is 22.0 Å². The Kier molecular flexibility index (Phi) is 8.12. The lowest BCUT2D eigenvalue weighted by Gasteiger charge is -2.42. The van der Waals surface area contributed by atoms with E-state index in [1.807, 2.05) is 0 Å². The van der Waals surface area contributed by atoms with Gasteiger partial charge in [0.1, 0.15) is 17.2 Å². The summed E-state index contributed by atoms with van der Waals surface area (Å²) in [6, 6.07) is 7.57. The number of carbonyl (C=O) groups excluding carboxylic acids is 2. The minimum atomic E-state index is -5.19. The van der Waals surface area contributed by atoms with Crippen molar-refractivity contribution in [2.75, 3.05) is 26.2 Å². The molecule has 1 aliphatic heterocycles. The Balaban J connectivity index is 1.49. The average Bonchev–Trinajstić information content (AvgIpc) is 3.61. The van der Waals surface area contributed by atoms with Gasteiger partial charge in [0, 0.05) is 25.6 Å². The largest absolute Gasteiger partial charge is 0.426 e. The third-order valence-corrected chi connectivity index (χ3v) is 12.1. The number of benzene rings is 2. The van der Waals surface area contributed by atoms with Crippen molar-refractivity contribution in [3.63, 3.8) is 0 Å². The van der Waals surface area contributed by atoms with E-state index >= 15 is 0 Å². The molecule has 7 nitrogen and oxygen atoms in total. The van der Waals surface area contributed by atoms with Gasteiger partial charge in [0.2, 0.25) is 17.5 Å². The van der Waals surface area contributed by atoms with Crippen molar-refractivity contribution in [3.8, 4) is 0 Å². The Morgan fingerprint density at radius 2 is 1.77 bits per heavy atom. The van der Waals surface area contributed by atoms with Gasteiger partial charge in [0.25, 0.3) is 0 Å². The molecule has 0 bridgehead atoms. The molecule has 2 fully saturated rings. The third kappa shape index (κ3) is 5.22. The van der Waals surface area contributed by atoms with Crippen LogP contribution in [-0.4, -0.2) is 62.7 Å². The van der Waals surface area contributed by atoms with Gasteiger partial charge in [-0.3, -0.25) is 9.59 Å². The molecule has 13 heteroatoms. The van der Waals surface area contributed by atoms with Crippen molar-refractivity contribution >= 4 is 21.7 Å². The maximum atomic E-state index is 14.9. The van der Waals surface area contributed by atoms with Crippen LogP contribution in [0.1, 0.15) is 49.3 Å². The molecule has 2 unspecified atom stereocenters. The Hall–Kier alpha value is -3.06. The van der Waals surface area contributed by atoms with Crippen molar-refractivity contribution < 1.29 is 45.1 Å². The Morgan fingerprint density at radius 3 is 2.42 bits per heavy atom. The molecular weight excluding hydrogens is 595 g/mol. The second-order valence-electron chi connectivity index (χ2n) is 11.9. The summed E-state index contributed by atoms with van der Waals surface area (Å²) in [6.07, 6.45) is -4.07. The van der Waals surface area contributed by atoms with E-state index in [1.54, 1.807) is 0 Å². The zero-order chi connectivity index (χ0) is 31.4. The van der Waals surface area contributed by atoms with Gasteiger partial charge in [-0.05, 0) is 91.8 Å². The number of sulfone groups is 1. The van der Waals surface area contributed by atoms with E-state index in [2.05, 4.69) is 5.32 Å². The average molecular weight is 629 g/mol. The molecule has 2 aromatic rings. The highest BCUT2D eigenvalue weighted by Gasteiger charge is 2.62. The topological polar surface area (TPSA) is 104 Å². The predicted octanol–water partition coefficient (Wildman–Crippen LogP) is 4.17. The summed E-state index contributed by atoms with van der Waals surface area (Å²) in [5.74, 6) is -2.92. The zero-order valence-electron chi connectivity index (χ0n) is 23.5. The first-order valence-electron chi connectivity index (χ1n) is 14.2. The molecule has 234 valence electrons. The number of halogens is 5. The Bertz CT molecular complexity index is 1510. The Morgan fingerprint density at radius 1 is 1.07 bits per heavy atom. The number of aliphatic hydroxyl groups excluding tert-OH is 1. The van der Waals surface area contributed by atoms with Crippen LogP contribution in [-0.2, 0) is 36.3 Å². The zero-order valence-corrected chi connectivity index (χ0v) is 24.3. The lowest BCUT2D eigenvalue weighted by molar-refractivity contribution is -0.228. The number of rotatable bonds is 7. The minimum Gasteiger partial charge on any atom is -0.387 e. The van der Waals surface area contributed by atoms with Gasteiger partial charge >= 0.3 is 6.18 Å². The van der Waals surface area contributed by atoms with Crippen LogP contribution in [0.2, 0.25) is 0 Å². The van der Waals surface area contributed by atoms with E-state index in [9.17, 15) is 40.0 Å². The molecule has 1 heterocycles. The molecule has 1 saturated heterocycles. The molecule has 1 saturated carbocycles. The number of carbonyl (C=O) groups is 2. The number of likely N-dealkylation sites (tertiary alicyclic amines) is 1. The Labute approximate surface area is 246 Å². The summed E-state index contributed by atoms with van der Waals surface area (Å²) in [7, 11) is -4.31. The molecule has 0 aromatic heterocycles. The van der Waals surface area contributed by atoms with E-state index in [1.165, 1.54) is 11.0 Å². The van der Waals surface area contributed by atoms with Crippen LogP contribution in [0, 0.1) is 23.6 Å². The second-order valence-corrected chi connectivity index (χ2v) is 14.1. The highest BCUT2D eigenvalue weighted by molar-refractivity contribution is 7.92. The summed E-state index contributed by atoms with van der Waals surface area (Å²) in [5, 5.41) is 12.0. The lowest BCUT2D eigenvalue weighted by atomic mass is 9.72. The van der Waals surface area contributed by atoms with Gasteiger partial charge in [-0.25, -0.2) is 17.2 Å². The third-order valence-electron chi connectivity index (χ3n) is 9.55. The highest BCUT2D eigenvalue weighted by Crippen LogP contribution is 2.59. The maximum Gasteiger partial charge on any atom is 0.426 e. The number of hydrogen-bond acceptors (Lipinski definition) is 5. The van der Waals surface area contributed by atoms with Crippen molar-refractivity contribution in [2.24, 2.45) is 17.8 Å². The monoisotopic (exact) mass is 628 g/mol. The van der Waals surface area contributed by atoms with E-state index in [-0.39, 0.29) is 60.1 Å². The summed E-state index contributed by atoms with van der Waals surface area (Å²) < 4.78 is 96.3. The quantitative estimate of drug-likeness (QED) is 0.354. The minimum absolute atomic E-state index is 0.00379. The predicted molar refractivity (Wildman–Crippen MR) is 146 cm³/mol. The molecule has 0 radical (unpaired) electrons. The van der Waals surface area contributed by atoms with Crippen molar-refractivity contribution in [1.29, 1.82) is 0 Å². The molecule has 43 heavy (non-hydrogen) atoms. The molecule has 2 aliphatic carbocycles. The maximum absolute atomic E-state index is 14.9. The number of aliphatic hydroxyl groups is 1. The molecule has 3 aliphatic rings. The first-order valence-corrected chi connectivity index (χ1v) is 15.7. The number of nitrogens with one attached hydrogen (secondary N) is 1. The highest BCUT2D eigenvalue weighted by atomic mass is 32.2. The molecule has 2 amide bonds. The van der Waals surface area contributed by atoms with Crippen LogP contribution in [0.15, 0.2) is 47.4 Å². The molecule has 5 atom stereocenters. The first-order chi connectivity index (χ1) is 20.1. The van der Waals surface area contributed by atoms with Gasteiger partial charge in [-0.15, -0.1) is 0 Å². The van der Waals surface area contributed by atoms with Gasteiger partial charge in [-0.2, -0.15) is 13.2 Å². The first kappa shape index (κ1) is 31.4. The SMILES string of the molecule is CC(F)(c1ccc2c(c1)CC[C@H]1[C@H](C(=O)NCC3CCN(C(=O)CO)C3)CC[C@@]21S(=O)(=O)c1ccc(F)cc1)C(F)(F)F. The fraction of sp³-hybridized carbons (Fsp3) is 0.533. The lowest BCUT2D eigenvalue weighted by Crippen LogP contribution is -2.47. The van der Waals surface area contributed by atoms with E-state index in [4.69, 9.17) is 5.11 Å². The second kappa shape index (κ2) is 11.1. The van der Waals surface area contributed by atoms with E-state index < -0.39 is 62.2 Å². The van der Waals surface area contributed by atoms with Crippen LogP contribution >= 0.6 is 0 Å². The van der Waals surface area contributed by atoms with Crippen LogP contribution < -0.4 is 5.32 Å². The molecule has 2 aromatic carbocycles. The molecule has 2 N–H and O–H groups in total. The normalized spacial score (nSPS) is 26.9. The number of amides is 2. The molecular formula is C30H33F5N2O5S. The van der Waals surface area contributed by atoms with Crippen molar-refractivity contribution in [1.82, 2.24) is 10.2 Å². The van der Waals surface area contributed by atoms with Crippen molar-refractivity contribution in [3.05, 3.63) is 65.0 Å². The van der Waals surface area contributed by atoms with Crippen LogP contribution in [0.5, 0.6) is 0 Å². The standard InChI is InChI=1S/C30H33F5N2O5S/c1-28(32,30(33,34)35)20-3-9-24-19(14-20)2-8-25-23(27(40)36-15-18-11-13-37(16-18)26(39)17-38)10-12-29(24,25)43(41,42)22-6-4-21(31)5-7-22/h3-7,9,14,18,23,25,38H,2,8,10-13,15-17H2,1H3,(H,36,40)/t18?,23-,25+,28?,29-/m1/s1. The fourth-order valence-electron chi connectivity index (χ4n) is 7.15. The van der Waals surface area contributed by atoms with E-state index in [0.29, 0.717) is 26.4 Å². The van der Waals surface area contributed by atoms with Crippen molar-refractivity contribution in [2.45, 2.75) is 60.5 Å². The summed E-state index contributed by atoms with van der Waals surface area (Å²) in [6.45, 7) is 0.900. The summed E-state index contributed by atoms with van der Waals surface area (Å²) in [5.41, 5.74) is -3.78. The van der Waals surface area contributed by atoms with Gasteiger partial charge in [-0.1, -0.05) is 18.2 Å². The number of fused-ring (bicyclic) bond motifs is 3. The summed E-state index contributed by atoms with van der Waals surface area (Å²) >= 11 is 0. The van der Waals surface area contributed by atoms with Crippen LogP contribution in [0.3, 0.4) is 0 Å². The van der Waals surface area contributed by atoms with Crippen LogP contribution in [0.25, 0.3) is 0 Å². The fourth-order valence-corrected chi connectivity index (χ4v) is 9.62. The number of nitrogens with zero attached hydrogens (tertiary/aromatic N) is 1. The smallest absolute Gasteiger partial charge is 0.387 e. The molecule has 0 spiro atoms. The number of hydrogen-bond donors (Lipinski definition) is 2. The van der Waals surface area contributed by atoms with Gasteiger partial charge in [0.05, 0.1) is 4.90 Å². The number of aryl methyl sites for hydroxylation is 1. The summed E-state index contributed by atoms with van der Waals surface area (Å²) in [4.78, 5) is 26.7. The van der Waals surface area contributed by atoms with Gasteiger partial charge < -0.3 is 15.3 Å². The van der Waals surface area contributed by atoms with E-state index in [0.717, 1.165) is 36.4 Å².